The molecule has 0 aliphatic heterocycles. The number of rotatable bonds is 2. The third-order valence-electron chi connectivity index (χ3n) is 2.81. The van der Waals surface area contributed by atoms with Gasteiger partial charge in [0.15, 0.2) is 0 Å². The molecule has 0 amide bonds. The van der Waals surface area contributed by atoms with Crippen LogP contribution in [-0.2, 0) is 5.41 Å². The highest BCUT2D eigenvalue weighted by molar-refractivity contribution is 6.33. The molecule has 1 nitrogen and oxygen atoms in total. The molecule has 2 N–H and O–H groups in total. The lowest BCUT2D eigenvalue weighted by molar-refractivity contribution is 0.617. The average molecular weight is 234 g/mol. The minimum Gasteiger partial charge on any atom is -0.330 e. The quantitative estimate of drug-likeness (QED) is 0.781. The monoisotopic (exact) mass is 233 g/mol. The van der Waals surface area contributed by atoms with Crippen LogP contribution in [0.5, 0.6) is 0 Å². The van der Waals surface area contributed by atoms with Gasteiger partial charge in [0, 0.05) is 17.0 Å². The van der Waals surface area contributed by atoms with Gasteiger partial charge in [-0.2, -0.15) is 0 Å². The van der Waals surface area contributed by atoms with Crippen molar-refractivity contribution in [2.45, 2.75) is 18.3 Å². The molecule has 1 saturated carbocycles. The molecule has 1 aromatic rings. The summed E-state index contributed by atoms with van der Waals surface area (Å²) in [6, 6.07) is 2.94. The van der Waals surface area contributed by atoms with Crippen LogP contribution in [0.15, 0.2) is 12.1 Å². The van der Waals surface area contributed by atoms with E-state index in [9.17, 15) is 4.39 Å². The van der Waals surface area contributed by atoms with E-state index in [1.165, 1.54) is 6.07 Å². The molecule has 1 aliphatic carbocycles. The van der Waals surface area contributed by atoms with E-state index in [4.69, 9.17) is 28.9 Å². The zero-order chi connectivity index (χ0) is 10.3. The highest BCUT2D eigenvalue weighted by Gasteiger charge is 2.44. The normalized spacial score (nSPS) is 18.3. The first-order valence-electron chi connectivity index (χ1n) is 4.44. The second-order valence-corrected chi connectivity index (χ2v) is 4.55. The van der Waals surface area contributed by atoms with Crippen molar-refractivity contribution in [2.75, 3.05) is 6.54 Å². The Morgan fingerprint density at radius 3 is 2.50 bits per heavy atom. The van der Waals surface area contributed by atoms with Crippen LogP contribution in [0, 0.1) is 5.82 Å². The summed E-state index contributed by atoms with van der Waals surface area (Å²) in [5.74, 6) is -0.464. The highest BCUT2D eigenvalue weighted by Crippen LogP contribution is 2.50. The predicted octanol–water partition coefficient (Wildman–Crippen LogP) is 3.12. The van der Waals surface area contributed by atoms with Gasteiger partial charge in [0.1, 0.15) is 5.82 Å². The minimum atomic E-state index is -0.464. The van der Waals surface area contributed by atoms with E-state index >= 15 is 0 Å². The molecule has 0 radical (unpaired) electrons. The second kappa shape index (κ2) is 3.37. The van der Waals surface area contributed by atoms with Crippen LogP contribution in [0.25, 0.3) is 0 Å². The van der Waals surface area contributed by atoms with Gasteiger partial charge in [-0.15, -0.1) is 0 Å². The lowest BCUT2D eigenvalue weighted by atomic mass is 9.96. The Morgan fingerprint density at radius 1 is 1.36 bits per heavy atom. The van der Waals surface area contributed by atoms with Crippen molar-refractivity contribution >= 4 is 23.2 Å². The Kier molecular flexibility index (Phi) is 2.46. The number of hydrogen-bond acceptors (Lipinski definition) is 1. The summed E-state index contributed by atoms with van der Waals surface area (Å²) >= 11 is 11.7. The molecule has 0 bridgehead atoms. The Hall–Kier alpha value is -0.310. The van der Waals surface area contributed by atoms with Gasteiger partial charge in [-0.1, -0.05) is 23.2 Å². The van der Waals surface area contributed by atoms with Crippen molar-refractivity contribution in [3.8, 4) is 0 Å². The Morgan fingerprint density at radius 2 is 2.00 bits per heavy atom. The van der Waals surface area contributed by atoms with Crippen LogP contribution >= 0.6 is 23.2 Å². The number of benzene rings is 1. The van der Waals surface area contributed by atoms with Gasteiger partial charge >= 0.3 is 0 Å². The van der Waals surface area contributed by atoms with Crippen molar-refractivity contribution in [3.05, 3.63) is 33.6 Å². The Labute approximate surface area is 92.0 Å². The lowest BCUT2D eigenvalue weighted by Crippen LogP contribution is -2.20. The molecule has 0 atom stereocenters. The van der Waals surface area contributed by atoms with Crippen LogP contribution in [0.3, 0.4) is 0 Å². The Bertz CT molecular complexity index is 375. The summed E-state index contributed by atoms with van der Waals surface area (Å²) in [6.45, 7) is 0.493. The van der Waals surface area contributed by atoms with E-state index in [0.29, 0.717) is 11.6 Å². The number of nitrogens with two attached hydrogens (primary N) is 1. The first-order chi connectivity index (χ1) is 6.59. The fourth-order valence-electron chi connectivity index (χ4n) is 1.68. The summed E-state index contributed by atoms with van der Waals surface area (Å²) in [6.07, 6.45) is 1.92. The van der Waals surface area contributed by atoms with E-state index in [-0.39, 0.29) is 10.4 Å². The number of halogens is 3. The third kappa shape index (κ3) is 1.52. The zero-order valence-electron chi connectivity index (χ0n) is 7.49. The molecule has 0 saturated heterocycles. The smallest absolute Gasteiger partial charge is 0.143 e. The molecule has 4 heteroatoms. The molecule has 1 aliphatic rings. The minimum absolute atomic E-state index is 0.122. The second-order valence-electron chi connectivity index (χ2n) is 3.73. The highest BCUT2D eigenvalue weighted by atomic mass is 35.5. The van der Waals surface area contributed by atoms with Crippen LogP contribution in [-0.4, -0.2) is 6.54 Å². The van der Waals surface area contributed by atoms with E-state index in [1.807, 2.05) is 0 Å². The van der Waals surface area contributed by atoms with Gasteiger partial charge in [-0.3, -0.25) is 0 Å². The first-order valence-corrected chi connectivity index (χ1v) is 5.20. The predicted molar refractivity (Wildman–Crippen MR) is 56.4 cm³/mol. The first kappa shape index (κ1) is 10.2. The van der Waals surface area contributed by atoms with Crippen molar-refractivity contribution in [1.29, 1.82) is 0 Å². The summed E-state index contributed by atoms with van der Waals surface area (Å²) in [5.41, 5.74) is 6.28. The maximum atomic E-state index is 13.3. The molecule has 2 rings (SSSR count). The fourth-order valence-corrected chi connectivity index (χ4v) is 2.19. The van der Waals surface area contributed by atoms with E-state index in [2.05, 4.69) is 0 Å². The van der Waals surface area contributed by atoms with Gasteiger partial charge in [-0.05, 0) is 30.5 Å². The number of hydrogen-bond donors (Lipinski definition) is 1. The van der Waals surface area contributed by atoms with Gasteiger partial charge in [-0.25, -0.2) is 4.39 Å². The molecule has 0 spiro atoms. The molecule has 1 aromatic carbocycles. The van der Waals surface area contributed by atoms with Gasteiger partial charge in [0.2, 0.25) is 0 Å². The summed E-state index contributed by atoms with van der Waals surface area (Å²) < 4.78 is 13.3. The van der Waals surface area contributed by atoms with Gasteiger partial charge in [0.05, 0.1) is 5.02 Å². The zero-order valence-corrected chi connectivity index (χ0v) is 9.00. The summed E-state index contributed by atoms with van der Waals surface area (Å²) in [5, 5.41) is 0.541. The molecule has 14 heavy (non-hydrogen) atoms. The van der Waals surface area contributed by atoms with Crippen LogP contribution < -0.4 is 5.73 Å². The largest absolute Gasteiger partial charge is 0.330 e. The van der Waals surface area contributed by atoms with E-state index in [1.54, 1.807) is 6.07 Å². The summed E-state index contributed by atoms with van der Waals surface area (Å²) in [7, 11) is 0. The molecule has 0 aromatic heterocycles. The molecule has 0 unspecified atom stereocenters. The van der Waals surface area contributed by atoms with Crippen LogP contribution in [0.2, 0.25) is 10.0 Å². The maximum absolute atomic E-state index is 13.3. The van der Waals surface area contributed by atoms with Crippen molar-refractivity contribution in [1.82, 2.24) is 0 Å². The Balaban J connectivity index is 2.52. The standard InChI is InChI=1S/C10H10Cl2FN/c11-6-3-7(9(12)8(13)4-6)10(5-14)1-2-10/h3-4H,1-2,5,14H2. The lowest BCUT2D eigenvalue weighted by Gasteiger charge is -2.15. The van der Waals surface area contributed by atoms with Crippen molar-refractivity contribution in [3.63, 3.8) is 0 Å². The molecular formula is C10H10Cl2FN. The molecule has 0 heterocycles. The van der Waals surface area contributed by atoms with Crippen LogP contribution in [0.4, 0.5) is 4.39 Å². The van der Waals surface area contributed by atoms with Crippen molar-refractivity contribution in [2.24, 2.45) is 5.73 Å². The molecule has 76 valence electrons. The fraction of sp³-hybridized carbons (Fsp3) is 0.400. The third-order valence-corrected chi connectivity index (χ3v) is 3.41. The average Bonchev–Trinajstić information content (AvgIpc) is 2.92. The van der Waals surface area contributed by atoms with Gasteiger partial charge < -0.3 is 5.73 Å². The maximum Gasteiger partial charge on any atom is 0.143 e. The molecular weight excluding hydrogens is 224 g/mol. The summed E-state index contributed by atoms with van der Waals surface area (Å²) in [4.78, 5) is 0. The van der Waals surface area contributed by atoms with Gasteiger partial charge in [0.25, 0.3) is 0 Å². The topological polar surface area (TPSA) is 26.0 Å². The molecule has 1 fully saturated rings. The van der Waals surface area contributed by atoms with Crippen molar-refractivity contribution < 1.29 is 4.39 Å². The van der Waals surface area contributed by atoms with Crippen LogP contribution in [0.1, 0.15) is 18.4 Å². The van der Waals surface area contributed by atoms with E-state index < -0.39 is 5.82 Å². The SMILES string of the molecule is NCC1(c2cc(Cl)cc(F)c2Cl)CC1. The van der Waals surface area contributed by atoms with E-state index in [0.717, 1.165) is 18.4 Å².